The number of aromatic nitrogens is 3. The molecule has 0 spiro atoms. The first-order valence-corrected chi connectivity index (χ1v) is 8.36. The smallest absolute Gasteiger partial charge is 0.256 e. The summed E-state index contributed by atoms with van der Waals surface area (Å²) in [4.78, 5) is 37.5. The van der Waals surface area contributed by atoms with Crippen LogP contribution in [-0.4, -0.2) is 62.3 Å². The van der Waals surface area contributed by atoms with E-state index in [1.165, 1.54) is 0 Å². The second-order valence-electron chi connectivity index (χ2n) is 6.34. The molecule has 2 aromatic rings. The summed E-state index contributed by atoms with van der Waals surface area (Å²) in [6, 6.07) is 1.38. The summed E-state index contributed by atoms with van der Waals surface area (Å²) in [7, 11) is 3.66. The van der Waals surface area contributed by atoms with E-state index in [1.807, 2.05) is 11.6 Å². The number of amides is 2. The molecule has 7 heteroatoms. The minimum Gasteiger partial charge on any atom is -0.342 e. The summed E-state index contributed by atoms with van der Waals surface area (Å²) in [5, 5.41) is 0. The number of hydrogen-bond acceptors (Lipinski definition) is 4. The molecule has 0 saturated carbocycles. The van der Waals surface area contributed by atoms with Crippen LogP contribution in [0.25, 0.3) is 11.2 Å². The number of aryl methyl sites for hydroxylation is 1. The number of likely N-dealkylation sites (N-methyl/N-ethyl adjacent to an activating group) is 1. The van der Waals surface area contributed by atoms with Crippen LogP contribution in [0.4, 0.5) is 0 Å². The van der Waals surface area contributed by atoms with Gasteiger partial charge in [0.25, 0.3) is 5.91 Å². The third-order valence-electron chi connectivity index (χ3n) is 4.60. The SMILES string of the molecule is CCCCC1C(=O)N(C)CCN1C(=O)c1cnc2c(c1)ncn2C. The quantitative estimate of drug-likeness (QED) is 0.851. The molecule has 3 heterocycles. The summed E-state index contributed by atoms with van der Waals surface area (Å²) in [6.07, 6.45) is 5.87. The van der Waals surface area contributed by atoms with E-state index in [2.05, 4.69) is 16.9 Å². The largest absolute Gasteiger partial charge is 0.342 e. The highest BCUT2D eigenvalue weighted by atomic mass is 16.2. The highest BCUT2D eigenvalue weighted by Crippen LogP contribution is 2.20. The van der Waals surface area contributed by atoms with Gasteiger partial charge in [-0.05, 0) is 12.5 Å². The molecule has 1 saturated heterocycles. The topological polar surface area (TPSA) is 71.3 Å². The van der Waals surface area contributed by atoms with E-state index >= 15 is 0 Å². The Kier molecular flexibility index (Phi) is 4.51. The molecule has 1 aliphatic rings. The van der Waals surface area contributed by atoms with Crippen molar-refractivity contribution >= 4 is 23.0 Å². The van der Waals surface area contributed by atoms with Crippen molar-refractivity contribution in [2.45, 2.75) is 32.2 Å². The molecule has 7 nitrogen and oxygen atoms in total. The molecule has 0 radical (unpaired) electrons. The number of unbranched alkanes of at least 4 members (excludes halogenated alkanes) is 1. The Labute approximate surface area is 141 Å². The fraction of sp³-hybridized carbons (Fsp3) is 0.529. The fourth-order valence-corrected chi connectivity index (χ4v) is 3.13. The molecule has 2 aromatic heterocycles. The summed E-state index contributed by atoms with van der Waals surface area (Å²) < 4.78 is 1.81. The monoisotopic (exact) mass is 329 g/mol. The van der Waals surface area contributed by atoms with Crippen molar-refractivity contribution in [2.24, 2.45) is 7.05 Å². The van der Waals surface area contributed by atoms with Gasteiger partial charge in [-0.15, -0.1) is 0 Å². The summed E-state index contributed by atoms with van der Waals surface area (Å²) in [5.74, 6) is -0.118. The third-order valence-corrected chi connectivity index (χ3v) is 4.60. The first-order chi connectivity index (χ1) is 11.5. The number of pyridine rings is 1. The van der Waals surface area contributed by atoms with Crippen molar-refractivity contribution in [1.29, 1.82) is 0 Å². The molecule has 24 heavy (non-hydrogen) atoms. The van der Waals surface area contributed by atoms with E-state index in [4.69, 9.17) is 0 Å². The Morgan fingerprint density at radius 2 is 2.08 bits per heavy atom. The predicted octanol–water partition coefficient (Wildman–Crippen LogP) is 1.44. The number of rotatable bonds is 4. The Bertz CT molecular complexity index is 769. The van der Waals surface area contributed by atoms with Gasteiger partial charge in [0.1, 0.15) is 11.6 Å². The van der Waals surface area contributed by atoms with Crippen molar-refractivity contribution in [3.05, 3.63) is 24.2 Å². The van der Waals surface area contributed by atoms with Crippen LogP contribution >= 0.6 is 0 Å². The highest BCUT2D eigenvalue weighted by molar-refractivity contribution is 5.99. The number of hydrogen-bond donors (Lipinski definition) is 0. The maximum absolute atomic E-state index is 13.0. The molecule has 1 unspecified atom stereocenters. The molecular formula is C17H23N5O2. The lowest BCUT2D eigenvalue weighted by Gasteiger charge is -2.39. The van der Waals surface area contributed by atoms with Crippen molar-refractivity contribution in [2.75, 3.05) is 20.1 Å². The summed E-state index contributed by atoms with van der Waals surface area (Å²) >= 11 is 0. The first kappa shape index (κ1) is 16.4. The van der Waals surface area contributed by atoms with Gasteiger partial charge in [-0.3, -0.25) is 9.59 Å². The lowest BCUT2D eigenvalue weighted by Crippen LogP contribution is -2.57. The lowest BCUT2D eigenvalue weighted by atomic mass is 10.0. The van der Waals surface area contributed by atoms with Crippen molar-refractivity contribution < 1.29 is 9.59 Å². The number of piperazine rings is 1. The van der Waals surface area contributed by atoms with Gasteiger partial charge in [0, 0.05) is 33.4 Å². The van der Waals surface area contributed by atoms with Crippen LogP contribution in [0.3, 0.4) is 0 Å². The molecule has 1 atom stereocenters. The molecule has 1 fully saturated rings. The van der Waals surface area contributed by atoms with E-state index in [1.54, 1.807) is 35.4 Å². The molecule has 128 valence electrons. The number of nitrogens with zero attached hydrogens (tertiary/aromatic N) is 5. The standard InChI is InChI=1S/C17H23N5O2/c1-4-5-6-14-17(24)20(2)7-8-22(14)16(23)12-9-13-15(18-10-12)21(3)11-19-13/h9-11,14H,4-8H2,1-3H3. The molecule has 2 amide bonds. The van der Waals surface area contributed by atoms with Gasteiger partial charge in [-0.1, -0.05) is 19.8 Å². The molecule has 0 aromatic carbocycles. The van der Waals surface area contributed by atoms with E-state index in [-0.39, 0.29) is 17.9 Å². The van der Waals surface area contributed by atoms with Crippen LogP contribution in [0.2, 0.25) is 0 Å². The molecule has 3 rings (SSSR count). The van der Waals surface area contributed by atoms with E-state index < -0.39 is 0 Å². The van der Waals surface area contributed by atoms with E-state index in [9.17, 15) is 9.59 Å². The molecule has 0 N–H and O–H groups in total. The first-order valence-electron chi connectivity index (χ1n) is 8.36. The van der Waals surface area contributed by atoms with Gasteiger partial charge in [0.15, 0.2) is 5.65 Å². The van der Waals surface area contributed by atoms with Crippen molar-refractivity contribution in [3.8, 4) is 0 Å². The van der Waals surface area contributed by atoms with E-state index in [0.717, 1.165) is 18.5 Å². The van der Waals surface area contributed by atoms with Crippen LogP contribution in [-0.2, 0) is 11.8 Å². The zero-order valence-electron chi connectivity index (χ0n) is 14.4. The maximum Gasteiger partial charge on any atom is 0.256 e. The third kappa shape index (κ3) is 2.86. The Balaban J connectivity index is 1.88. The van der Waals surface area contributed by atoms with Gasteiger partial charge >= 0.3 is 0 Å². The van der Waals surface area contributed by atoms with Crippen molar-refractivity contribution in [1.82, 2.24) is 24.3 Å². The molecular weight excluding hydrogens is 306 g/mol. The Morgan fingerprint density at radius 3 is 2.83 bits per heavy atom. The summed E-state index contributed by atoms with van der Waals surface area (Å²) in [6.45, 7) is 3.20. The van der Waals surface area contributed by atoms with Gasteiger partial charge in [0.05, 0.1) is 11.9 Å². The van der Waals surface area contributed by atoms with Gasteiger partial charge < -0.3 is 14.4 Å². The summed E-state index contributed by atoms with van der Waals surface area (Å²) in [5.41, 5.74) is 1.91. The van der Waals surface area contributed by atoms with Crippen molar-refractivity contribution in [3.63, 3.8) is 0 Å². The predicted molar refractivity (Wildman–Crippen MR) is 90.5 cm³/mol. The fourth-order valence-electron chi connectivity index (χ4n) is 3.13. The molecule has 0 bridgehead atoms. The van der Waals surface area contributed by atoms with Gasteiger partial charge in [-0.25, -0.2) is 9.97 Å². The molecule has 0 aliphatic carbocycles. The van der Waals surface area contributed by atoms with Crippen LogP contribution < -0.4 is 0 Å². The second-order valence-corrected chi connectivity index (χ2v) is 6.34. The number of fused-ring (bicyclic) bond motifs is 1. The second kappa shape index (κ2) is 6.59. The minimum atomic E-state index is -0.379. The van der Waals surface area contributed by atoms with Crippen LogP contribution in [0.1, 0.15) is 36.5 Å². The Morgan fingerprint density at radius 1 is 1.29 bits per heavy atom. The minimum absolute atomic E-state index is 0.0231. The zero-order chi connectivity index (χ0) is 17.3. The van der Waals surface area contributed by atoms with Crippen LogP contribution in [0.15, 0.2) is 18.6 Å². The van der Waals surface area contributed by atoms with Crippen LogP contribution in [0, 0.1) is 0 Å². The van der Waals surface area contributed by atoms with E-state index in [0.29, 0.717) is 30.6 Å². The average molecular weight is 329 g/mol. The van der Waals surface area contributed by atoms with Gasteiger partial charge in [0.2, 0.25) is 5.91 Å². The molecule has 1 aliphatic heterocycles. The zero-order valence-corrected chi connectivity index (χ0v) is 14.4. The Hall–Kier alpha value is -2.44. The number of imidazole rings is 1. The average Bonchev–Trinajstić information content (AvgIpc) is 2.96. The van der Waals surface area contributed by atoms with Gasteiger partial charge in [-0.2, -0.15) is 0 Å². The highest BCUT2D eigenvalue weighted by Gasteiger charge is 2.35. The van der Waals surface area contributed by atoms with Crippen LogP contribution in [0.5, 0.6) is 0 Å². The number of carbonyl (C=O) groups is 2. The lowest BCUT2D eigenvalue weighted by molar-refractivity contribution is -0.138. The number of carbonyl (C=O) groups excluding carboxylic acids is 2. The normalized spacial score (nSPS) is 18.5. The maximum atomic E-state index is 13.0.